The molecule has 1 nitrogen and oxygen atoms in total. The molecule has 0 fully saturated rings. The van der Waals surface area contributed by atoms with Crippen molar-refractivity contribution >= 4 is 69.4 Å². The van der Waals surface area contributed by atoms with E-state index < -0.39 is 0 Å². The van der Waals surface area contributed by atoms with E-state index in [1.54, 1.807) is 0 Å². The van der Waals surface area contributed by atoms with Crippen LogP contribution in [0.25, 0.3) is 0 Å². The predicted molar refractivity (Wildman–Crippen MR) is 91.0 cm³/mol. The highest BCUT2D eigenvalue weighted by molar-refractivity contribution is 9.13. The normalized spacial score (nSPS) is 10.4. The Kier molecular flexibility index (Phi) is 5.30. The molecule has 2 aromatic carbocycles. The lowest BCUT2D eigenvalue weighted by atomic mass is 10.2. The molecule has 0 aliphatic rings. The van der Waals surface area contributed by atoms with Crippen LogP contribution in [-0.4, -0.2) is 0 Å². The zero-order valence-corrected chi connectivity index (χ0v) is 15.5. The van der Waals surface area contributed by atoms with E-state index in [-0.39, 0.29) is 0 Å². The fourth-order valence-electron chi connectivity index (χ4n) is 1.48. The van der Waals surface area contributed by atoms with Crippen LogP contribution in [0.1, 0.15) is 5.56 Å². The number of hydrogen-bond donors (Lipinski definition) is 1. The molecule has 18 heavy (non-hydrogen) atoms. The number of halogens is 4. The Labute approximate surface area is 140 Å². The molecule has 2 aromatic rings. The highest BCUT2D eigenvalue weighted by atomic mass is 79.9. The summed E-state index contributed by atoms with van der Waals surface area (Å²) in [6.07, 6.45) is 0. The van der Waals surface area contributed by atoms with E-state index in [1.165, 1.54) is 5.56 Å². The fourth-order valence-corrected chi connectivity index (χ4v) is 3.34. The van der Waals surface area contributed by atoms with Crippen molar-refractivity contribution in [3.8, 4) is 0 Å². The maximum absolute atomic E-state index is 3.54. The van der Waals surface area contributed by atoms with Gasteiger partial charge in [0.05, 0.1) is 0 Å². The van der Waals surface area contributed by atoms with Gasteiger partial charge in [-0.15, -0.1) is 0 Å². The van der Waals surface area contributed by atoms with Gasteiger partial charge in [0.25, 0.3) is 0 Å². The summed E-state index contributed by atoms with van der Waals surface area (Å²) in [6, 6.07) is 12.3. The Morgan fingerprint density at radius 3 is 2.22 bits per heavy atom. The smallest absolute Gasteiger partial charge is 0.0488 e. The highest BCUT2D eigenvalue weighted by Gasteiger charge is 2.02. The molecule has 0 atom stereocenters. The lowest BCUT2D eigenvalue weighted by molar-refractivity contribution is 1.14. The summed E-state index contributed by atoms with van der Waals surface area (Å²) in [6.45, 7) is 0.784. The molecular formula is C13H9Br4N. The van der Waals surface area contributed by atoms with Crippen molar-refractivity contribution in [3.63, 3.8) is 0 Å². The molecule has 0 spiro atoms. The number of benzene rings is 2. The molecule has 0 aromatic heterocycles. The first kappa shape index (κ1) is 14.6. The van der Waals surface area contributed by atoms with Crippen LogP contribution in [-0.2, 0) is 6.54 Å². The summed E-state index contributed by atoms with van der Waals surface area (Å²) in [7, 11) is 0. The summed E-state index contributed by atoms with van der Waals surface area (Å²) in [5.74, 6) is 0. The van der Waals surface area contributed by atoms with Crippen LogP contribution in [0.15, 0.2) is 54.3 Å². The minimum atomic E-state index is 0.784. The van der Waals surface area contributed by atoms with Gasteiger partial charge in [0.15, 0.2) is 0 Å². The van der Waals surface area contributed by atoms with Crippen molar-refractivity contribution in [1.29, 1.82) is 0 Å². The Bertz CT molecular complexity index is 569. The molecule has 0 radical (unpaired) electrons. The average molecular weight is 499 g/mol. The van der Waals surface area contributed by atoms with Gasteiger partial charge in [-0.25, -0.2) is 0 Å². The standard InChI is InChI=1S/C13H9Br4N/c14-9-2-4-13(12(17)6-9)18-7-8-1-3-10(15)11(16)5-8/h1-6,18H,7H2. The van der Waals surface area contributed by atoms with Gasteiger partial charge in [0.1, 0.15) is 0 Å². The lowest BCUT2D eigenvalue weighted by Crippen LogP contribution is -2.00. The summed E-state index contributed by atoms with van der Waals surface area (Å²) in [5, 5.41) is 3.40. The number of anilines is 1. The van der Waals surface area contributed by atoms with E-state index >= 15 is 0 Å². The third-order valence-corrected chi connectivity index (χ3v) is 5.43. The minimum absolute atomic E-state index is 0.784. The molecule has 0 heterocycles. The molecule has 0 saturated heterocycles. The van der Waals surface area contributed by atoms with Gasteiger partial charge in [-0.2, -0.15) is 0 Å². The van der Waals surface area contributed by atoms with Gasteiger partial charge in [-0.1, -0.05) is 22.0 Å². The quantitative estimate of drug-likeness (QED) is 0.520. The average Bonchev–Trinajstić information content (AvgIpc) is 2.32. The monoisotopic (exact) mass is 495 g/mol. The highest BCUT2D eigenvalue weighted by Crippen LogP contribution is 2.27. The van der Waals surface area contributed by atoms with Crippen molar-refractivity contribution in [2.75, 3.05) is 5.32 Å². The van der Waals surface area contributed by atoms with Crippen LogP contribution in [0.5, 0.6) is 0 Å². The van der Waals surface area contributed by atoms with E-state index in [2.05, 4.69) is 81.2 Å². The molecule has 0 aliphatic carbocycles. The molecule has 0 aliphatic heterocycles. The Morgan fingerprint density at radius 1 is 0.778 bits per heavy atom. The zero-order chi connectivity index (χ0) is 13.1. The van der Waals surface area contributed by atoms with Gasteiger partial charge in [0.2, 0.25) is 0 Å². The maximum atomic E-state index is 3.54. The lowest BCUT2D eigenvalue weighted by Gasteiger charge is -2.09. The third kappa shape index (κ3) is 3.83. The van der Waals surface area contributed by atoms with E-state index in [9.17, 15) is 0 Å². The van der Waals surface area contributed by atoms with Crippen molar-refractivity contribution in [1.82, 2.24) is 0 Å². The second-order valence-electron chi connectivity index (χ2n) is 3.73. The topological polar surface area (TPSA) is 12.0 Å². The molecule has 0 bridgehead atoms. The van der Waals surface area contributed by atoms with Crippen molar-refractivity contribution in [3.05, 3.63) is 59.9 Å². The molecule has 0 unspecified atom stereocenters. The molecule has 5 heteroatoms. The second-order valence-corrected chi connectivity index (χ2v) is 7.20. The zero-order valence-electron chi connectivity index (χ0n) is 9.18. The first-order valence-electron chi connectivity index (χ1n) is 5.19. The van der Waals surface area contributed by atoms with Crippen LogP contribution < -0.4 is 5.32 Å². The molecule has 94 valence electrons. The van der Waals surface area contributed by atoms with Crippen molar-refractivity contribution < 1.29 is 0 Å². The Hall–Kier alpha value is 0.160. The van der Waals surface area contributed by atoms with Crippen molar-refractivity contribution in [2.45, 2.75) is 6.54 Å². The van der Waals surface area contributed by atoms with Crippen LogP contribution in [0.4, 0.5) is 5.69 Å². The van der Waals surface area contributed by atoms with E-state index in [1.807, 2.05) is 24.3 Å². The van der Waals surface area contributed by atoms with Crippen LogP contribution in [0.2, 0.25) is 0 Å². The van der Waals surface area contributed by atoms with E-state index in [0.29, 0.717) is 0 Å². The first-order chi connectivity index (χ1) is 8.56. The second kappa shape index (κ2) is 6.55. The third-order valence-electron chi connectivity index (χ3n) is 2.40. The summed E-state index contributed by atoms with van der Waals surface area (Å²) in [5.41, 5.74) is 2.30. The van der Waals surface area contributed by atoms with Gasteiger partial charge in [-0.3, -0.25) is 0 Å². The molecule has 0 saturated carbocycles. The Morgan fingerprint density at radius 2 is 1.56 bits per heavy atom. The maximum Gasteiger partial charge on any atom is 0.0488 e. The van der Waals surface area contributed by atoms with Gasteiger partial charge < -0.3 is 5.32 Å². The Balaban J connectivity index is 2.09. The van der Waals surface area contributed by atoms with Crippen LogP contribution >= 0.6 is 63.7 Å². The van der Waals surface area contributed by atoms with Crippen LogP contribution in [0, 0.1) is 0 Å². The number of nitrogens with one attached hydrogen (secondary N) is 1. The predicted octanol–water partition coefficient (Wildman–Crippen LogP) is 6.35. The summed E-state index contributed by atoms with van der Waals surface area (Å²) >= 11 is 13.9. The minimum Gasteiger partial charge on any atom is -0.380 e. The largest absolute Gasteiger partial charge is 0.380 e. The molecule has 1 N–H and O–H groups in total. The van der Waals surface area contributed by atoms with E-state index in [4.69, 9.17) is 0 Å². The molecular weight excluding hydrogens is 490 g/mol. The molecule has 0 amide bonds. The van der Waals surface area contributed by atoms with Crippen LogP contribution in [0.3, 0.4) is 0 Å². The fraction of sp³-hybridized carbons (Fsp3) is 0.0769. The summed E-state index contributed by atoms with van der Waals surface area (Å²) in [4.78, 5) is 0. The number of hydrogen-bond acceptors (Lipinski definition) is 1. The number of rotatable bonds is 3. The van der Waals surface area contributed by atoms with Crippen molar-refractivity contribution in [2.24, 2.45) is 0 Å². The van der Waals surface area contributed by atoms with Gasteiger partial charge in [-0.05, 0) is 83.7 Å². The first-order valence-corrected chi connectivity index (χ1v) is 8.36. The summed E-state index contributed by atoms with van der Waals surface area (Å²) < 4.78 is 4.24. The van der Waals surface area contributed by atoms with E-state index in [0.717, 1.165) is 30.1 Å². The molecule has 2 rings (SSSR count). The van der Waals surface area contributed by atoms with Gasteiger partial charge in [0, 0.05) is 30.1 Å². The van der Waals surface area contributed by atoms with Gasteiger partial charge >= 0.3 is 0 Å². The SMILES string of the molecule is Brc1ccc(NCc2ccc(Br)c(Br)c2)c(Br)c1.